The van der Waals surface area contributed by atoms with Gasteiger partial charge in [0.1, 0.15) is 0 Å². The van der Waals surface area contributed by atoms with Gasteiger partial charge in [-0.2, -0.15) is 0 Å². The summed E-state index contributed by atoms with van der Waals surface area (Å²) in [6, 6.07) is 16.3. The van der Waals surface area contributed by atoms with E-state index in [0.29, 0.717) is 0 Å². The summed E-state index contributed by atoms with van der Waals surface area (Å²) in [6.45, 7) is 0. The van der Waals surface area contributed by atoms with E-state index < -0.39 is 0 Å². The standard InChI is InChI=1S/C15H14ClN2/c1-17-13-8-3-4-9-14(13)18(2)15(17)11-6-5-7-12(16)10-11/h3-10H,1-2H3/q+1. The van der Waals surface area contributed by atoms with Crippen molar-refractivity contribution in [2.75, 3.05) is 0 Å². The second-order valence-electron chi connectivity index (χ2n) is 4.44. The maximum Gasteiger partial charge on any atom is 0.289 e. The number of hydrogen-bond acceptors (Lipinski definition) is 0. The van der Waals surface area contributed by atoms with Gasteiger partial charge < -0.3 is 0 Å². The number of hydrogen-bond donors (Lipinski definition) is 0. The monoisotopic (exact) mass is 257 g/mol. The lowest BCUT2D eigenvalue weighted by Gasteiger charge is -1.99. The lowest BCUT2D eigenvalue weighted by molar-refractivity contribution is -0.634. The smallest absolute Gasteiger partial charge is 0.226 e. The highest BCUT2D eigenvalue weighted by atomic mass is 35.5. The molecule has 0 atom stereocenters. The molecule has 18 heavy (non-hydrogen) atoms. The molecule has 0 N–H and O–H groups in total. The zero-order valence-electron chi connectivity index (χ0n) is 10.4. The van der Waals surface area contributed by atoms with Crippen molar-refractivity contribution in [1.29, 1.82) is 0 Å². The third kappa shape index (κ3) is 1.61. The third-order valence-corrected chi connectivity index (χ3v) is 3.56. The number of para-hydroxylation sites is 2. The molecule has 3 heteroatoms. The van der Waals surface area contributed by atoms with Crippen molar-refractivity contribution in [3.8, 4) is 11.4 Å². The number of nitrogens with zero attached hydrogens (tertiary/aromatic N) is 2. The fourth-order valence-electron chi connectivity index (χ4n) is 2.50. The molecule has 0 unspecified atom stereocenters. The van der Waals surface area contributed by atoms with Crippen molar-refractivity contribution in [1.82, 2.24) is 4.57 Å². The van der Waals surface area contributed by atoms with E-state index in [-0.39, 0.29) is 0 Å². The van der Waals surface area contributed by atoms with Crippen molar-refractivity contribution in [3.05, 3.63) is 53.6 Å². The van der Waals surface area contributed by atoms with Gasteiger partial charge in [-0.05, 0) is 30.3 Å². The fourth-order valence-corrected chi connectivity index (χ4v) is 2.69. The van der Waals surface area contributed by atoms with Crippen LogP contribution < -0.4 is 4.57 Å². The van der Waals surface area contributed by atoms with Gasteiger partial charge in [-0.1, -0.05) is 29.8 Å². The van der Waals surface area contributed by atoms with Crippen LogP contribution in [0.5, 0.6) is 0 Å². The Morgan fingerprint density at radius 2 is 1.83 bits per heavy atom. The molecule has 1 heterocycles. The topological polar surface area (TPSA) is 8.81 Å². The number of benzene rings is 2. The summed E-state index contributed by atoms with van der Waals surface area (Å²) in [6.07, 6.45) is 0. The minimum Gasteiger partial charge on any atom is -0.226 e. The zero-order valence-corrected chi connectivity index (χ0v) is 11.1. The Kier molecular flexibility index (Phi) is 2.60. The molecule has 1 aromatic heterocycles. The molecule has 0 fully saturated rings. The first-order chi connectivity index (χ1) is 8.68. The van der Waals surface area contributed by atoms with E-state index in [1.54, 1.807) is 0 Å². The molecule has 0 amide bonds. The predicted octanol–water partition coefficient (Wildman–Crippen LogP) is 3.32. The average Bonchev–Trinajstić information content (AvgIpc) is 2.63. The largest absolute Gasteiger partial charge is 0.289 e. The van der Waals surface area contributed by atoms with Gasteiger partial charge in [-0.3, -0.25) is 0 Å². The quantitative estimate of drug-likeness (QED) is 0.592. The first kappa shape index (κ1) is 11.3. The molecule has 0 radical (unpaired) electrons. The van der Waals surface area contributed by atoms with E-state index in [0.717, 1.165) is 16.4 Å². The first-order valence-electron chi connectivity index (χ1n) is 5.88. The Morgan fingerprint density at radius 3 is 2.56 bits per heavy atom. The van der Waals surface area contributed by atoms with Crippen molar-refractivity contribution < 1.29 is 4.57 Å². The van der Waals surface area contributed by atoms with E-state index in [4.69, 9.17) is 11.6 Å². The number of rotatable bonds is 1. The van der Waals surface area contributed by atoms with Crippen molar-refractivity contribution in [2.45, 2.75) is 0 Å². The van der Waals surface area contributed by atoms with E-state index in [1.165, 1.54) is 11.0 Å². The van der Waals surface area contributed by atoms with Gasteiger partial charge in [0.2, 0.25) is 0 Å². The van der Waals surface area contributed by atoms with Gasteiger partial charge in [0, 0.05) is 5.02 Å². The highest BCUT2D eigenvalue weighted by Crippen LogP contribution is 2.23. The Bertz CT molecular complexity index is 689. The summed E-state index contributed by atoms with van der Waals surface area (Å²) < 4.78 is 4.39. The fraction of sp³-hybridized carbons (Fsp3) is 0.133. The summed E-state index contributed by atoms with van der Waals surface area (Å²) in [7, 11) is 4.16. The summed E-state index contributed by atoms with van der Waals surface area (Å²) in [5, 5.41) is 0.762. The minimum atomic E-state index is 0.762. The molecule has 0 saturated carbocycles. The molecule has 2 nitrogen and oxygen atoms in total. The number of aromatic nitrogens is 2. The molecule has 0 bridgehead atoms. The van der Waals surface area contributed by atoms with Gasteiger partial charge in [0.05, 0.1) is 19.7 Å². The van der Waals surface area contributed by atoms with Crippen LogP contribution in [0.3, 0.4) is 0 Å². The Labute approximate surface area is 111 Å². The van der Waals surface area contributed by atoms with Crippen LogP contribution in [0.15, 0.2) is 48.5 Å². The van der Waals surface area contributed by atoms with Crippen molar-refractivity contribution >= 4 is 22.6 Å². The normalized spacial score (nSPS) is 11.1. The molecule has 90 valence electrons. The summed E-state index contributed by atoms with van der Waals surface area (Å²) >= 11 is 6.08. The van der Waals surface area contributed by atoms with Gasteiger partial charge in [0.15, 0.2) is 11.0 Å². The van der Waals surface area contributed by atoms with Gasteiger partial charge >= 0.3 is 0 Å². The Balaban J connectivity index is 2.36. The van der Waals surface area contributed by atoms with E-state index in [1.807, 2.05) is 18.2 Å². The molecule has 2 aromatic carbocycles. The SMILES string of the molecule is Cn1c(-c2cccc(Cl)c2)[n+](C)c2ccccc21. The van der Waals surface area contributed by atoms with Crippen LogP contribution in [0.4, 0.5) is 0 Å². The lowest BCUT2D eigenvalue weighted by atomic mass is 10.2. The van der Waals surface area contributed by atoms with E-state index in [9.17, 15) is 0 Å². The number of fused-ring (bicyclic) bond motifs is 1. The van der Waals surface area contributed by atoms with E-state index >= 15 is 0 Å². The molecule has 3 aromatic rings. The zero-order chi connectivity index (χ0) is 12.7. The molecule has 0 aliphatic carbocycles. The minimum absolute atomic E-state index is 0.762. The third-order valence-electron chi connectivity index (χ3n) is 3.32. The summed E-state index contributed by atoms with van der Waals surface area (Å²) in [5.74, 6) is 1.15. The first-order valence-corrected chi connectivity index (χ1v) is 6.25. The number of imidazole rings is 1. The molecular weight excluding hydrogens is 244 g/mol. The molecule has 0 spiro atoms. The molecular formula is C15H14ClN2+. The van der Waals surface area contributed by atoms with Crippen LogP contribution in [0.1, 0.15) is 0 Å². The molecule has 0 saturated heterocycles. The second-order valence-corrected chi connectivity index (χ2v) is 4.88. The maximum absolute atomic E-state index is 6.08. The van der Waals surface area contributed by atoms with Gasteiger partial charge in [-0.25, -0.2) is 9.13 Å². The van der Waals surface area contributed by atoms with Crippen molar-refractivity contribution in [2.24, 2.45) is 14.1 Å². The predicted molar refractivity (Wildman–Crippen MR) is 74.5 cm³/mol. The highest BCUT2D eigenvalue weighted by Gasteiger charge is 2.21. The van der Waals surface area contributed by atoms with Crippen LogP contribution in [0, 0.1) is 0 Å². The second kappa shape index (κ2) is 4.14. The molecule has 3 rings (SSSR count). The van der Waals surface area contributed by atoms with E-state index in [2.05, 4.69) is 53.6 Å². The molecule has 0 aliphatic heterocycles. The summed E-state index contributed by atoms with van der Waals surface area (Å²) in [5.41, 5.74) is 3.56. The molecule has 0 aliphatic rings. The highest BCUT2D eigenvalue weighted by molar-refractivity contribution is 6.30. The number of halogens is 1. The van der Waals surface area contributed by atoms with Crippen LogP contribution in [0.2, 0.25) is 5.02 Å². The Morgan fingerprint density at radius 1 is 1.06 bits per heavy atom. The van der Waals surface area contributed by atoms with Crippen LogP contribution in [0.25, 0.3) is 22.4 Å². The van der Waals surface area contributed by atoms with Crippen molar-refractivity contribution in [3.63, 3.8) is 0 Å². The summed E-state index contributed by atoms with van der Waals surface area (Å²) in [4.78, 5) is 0. The van der Waals surface area contributed by atoms with Crippen LogP contribution >= 0.6 is 11.6 Å². The lowest BCUT2D eigenvalue weighted by Crippen LogP contribution is -2.29. The van der Waals surface area contributed by atoms with Gasteiger partial charge in [-0.15, -0.1) is 0 Å². The van der Waals surface area contributed by atoms with Crippen LogP contribution in [-0.4, -0.2) is 4.57 Å². The van der Waals surface area contributed by atoms with Gasteiger partial charge in [0.25, 0.3) is 5.82 Å². The number of aryl methyl sites for hydroxylation is 2. The maximum atomic E-state index is 6.08. The Hall–Kier alpha value is -1.80. The average molecular weight is 258 g/mol. The van der Waals surface area contributed by atoms with Crippen LogP contribution in [-0.2, 0) is 14.1 Å².